The maximum Gasteiger partial charge on any atom is 0.406 e. The molecule has 1 aliphatic heterocycles. The molecule has 1 aromatic rings. The number of hydrogen-bond acceptors (Lipinski definition) is 5. The zero-order valence-corrected chi connectivity index (χ0v) is 11.9. The molecule has 7 heteroatoms. The number of nitro groups is 1. The Balaban J connectivity index is 2.49. The van der Waals surface area contributed by atoms with E-state index in [9.17, 15) is 10.1 Å². The molecule has 1 aliphatic rings. The fraction of sp³-hybridized carbons (Fsp3) is 0.750. The number of nitrogens with one attached hydrogen (secondary N) is 1. The molecule has 1 saturated heterocycles. The van der Waals surface area contributed by atoms with Crippen molar-refractivity contribution in [3.63, 3.8) is 0 Å². The van der Waals surface area contributed by atoms with Gasteiger partial charge in [-0.25, -0.2) is 0 Å². The molecule has 0 radical (unpaired) electrons. The van der Waals surface area contributed by atoms with Crippen molar-refractivity contribution in [2.24, 2.45) is 0 Å². The monoisotopic (exact) mass is 267 g/mol. The van der Waals surface area contributed by atoms with Crippen LogP contribution < -0.4 is 10.2 Å². The lowest BCUT2D eigenvalue weighted by Crippen LogP contribution is -2.55. The van der Waals surface area contributed by atoms with Crippen LogP contribution in [0.15, 0.2) is 0 Å². The summed E-state index contributed by atoms with van der Waals surface area (Å²) in [7, 11) is 0. The van der Waals surface area contributed by atoms with Gasteiger partial charge in [-0.15, -0.1) is 0 Å². The molecule has 2 heterocycles. The molecule has 1 N–H and O–H groups in total. The van der Waals surface area contributed by atoms with Crippen LogP contribution in [0.2, 0.25) is 0 Å². The van der Waals surface area contributed by atoms with Gasteiger partial charge in [0.15, 0.2) is 0 Å². The largest absolute Gasteiger partial charge is 0.406 e. The van der Waals surface area contributed by atoms with Gasteiger partial charge in [-0.2, -0.15) is 0 Å². The van der Waals surface area contributed by atoms with Crippen LogP contribution in [0.3, 0.4) is 0 Å². The van der Waals surface area contributed by atoms with Gasteiger partial charge < -0.3 is 20.3 Å². The zero-order valence-electron chi connectivity index (χ0n) is 11.9. The first kappa shape index (κ1) is 13.8. The third kappa shape index (κ3) is 2.42. The molecule has 0 bridgehead atoms. The zero-order chi connectivity index (χ0) is 14.2. The number of aromatic nitrogens is 2. The Morgan fingerprint density at radius 1 is 1.53 bits per heavy atom. The summed E-state index contributed by atoms with van der Waals surface area (Å²) >= 11 is 0. The minimum Gasteiger partial charge on any atom is -0.358 e. The van der Waals surface area contributed by atoms with Crippen molar-refractivity contribution in [2.75, 3.05) is 18.0 Å². The molecule has 106 valence electrons. The summed E-state index contributed by atoms with van der Waals surface area (Å²) in [6.07, 6.45) is 0. The van der Waals surface area contributed by atoms with Crippen molar-refractivity contribution in [2.45, 2.75) is 46.3 Å². The van der Waals surface area contributed by atoms with E-state index in [0.29, 0.717) is 24.2 Å². The average molecular weight is 267 g/mol. The molecule has 1 aromatic heterocycles. The predicted octanol–water partition coefficient (Wildman–Crippen LogP) is 1.31. The minimum atomic E-state index is -0.381. The van der Waals surface area contributed by atoms with E-state index < -0.39 is 0 Å². The second-order valence-corrected chi connectivity index (χ2v) is 5.12. The van der Waals surface area contributed by atoms with E-state index in [4.69, 9.17) is 0 Å². The second-order valence-electron chi connectivity index (χ2n) is 5.12. The van der Waals surface area contributed by atoms with Crippen LogP contribution in [0.5, 0.6) is 0 Å². The topological polar surface area (TPSA) is 76.2 Å². The number of rotatable bonds is 3. The van der Waals surface area contributed by atoms with E-state index in [2.05, 4.69) is 29.0 Å². The SMILES string of the molecule is CCn1c(C)nc([N+](=O)[O-])c1N1CC(C)NCC1C. The van der Waals surface area contributed by atoms with Crippen LogP contribution in [0.4, 0.5) is 11.6 Å². The Morgan fingerprint density at radius 2 is 2.21 bits per heavy atom. The van der Waals surface area contributed by atoms with E-state index in [1.165, 1.54) is 0 Å². The van der Waals surface area contributed by atoms with Gasteiger partial charge in [0.2, 0.25) is 11.6 Å². The number of hydrogen-bond donors (Lipinski definition) is 1. The van der Waals surface area contributed by atoms with E-state index in [0.717, 1.165) is 13.1 Å². The Morgan fingerprint density at radius 3 is 2.79 bits per heavy atom. The van der Waals surface area contributed by atoms with Crippen LogP contribution in [0.1, 0.15) is 26.6 Å². The molecule has 2 rings (SSSR count). The van der Waals surface area contributed by atoms with Crippen molar-refractivity contribution in [3.05, 3.63) is 15.9 Å². The third-order valence-electron chi connectivity index (χ3n) is 3.64. The standard InChI is InChI=1S/C12H21N5O2/c1-5-15-10(4)14-11(17(18)19)12(15)16-7-8(2)13-6-9(16)3/h8-9,13H,5-7H2,1-4H3. The lowest BCUT2D eigenvalue weighted by Gasteiger charge is -2.38. The fourth-order valence-corrected chi connectivity index (χ4v) is 2.64. The van der Waals surface area contributed by atoms with Crippen molar-refractivity contribution in [1.82, 2.24) is 14.9 Å². The van der Waals surface area contributed by atoms with Crippen molar-refractivity contribution < 1.29 is 4.92 Å². The number of imidazole rings is 1. The van der Waals surface area contributed by atoms with E-state index in [1.807, 2.05) is 18.4 Å². The maximum atomic E-state index is 11.2. The Labute approximate surface area is 112 Å². The summed E-state index contributed by atoms with van der Waals surface area (Å²) in [5.74, 6) is 1.31. The molecule has 7 nitrogen and oxygen atoms in total. The normalized spacial score (nSPS) is 23.7. The van der Waals surface area contributed by atoms with Gasteiger partial charge in [0.1, 0.15) is 0 Å². The summed E-state index contributed by atoms with van der Waals surface area (Å²) in [6.45, 7) is 10.2. The highest BCUT2D eigenvalue weighted by atomic mass is 16.6. The van der Waals surface area contributed by atoms with Gasteiger partial charge in [-0.1, -0.05) is 0 Å². The summed E-state index contributed by atoms with van der Waals surface area (Å²) in [5.41, 5.74) is 0. The molecule has 2 atom stereocenters. The molecule has 1 fully saturated rings. The maximum absolute atomic E-state index is 11.2. The third-order valence-corrected chi connectivity index (χ3v) is 3.64. The van der Waals surface area contributed by atoms with Gasteiger partial charge >= 0.3 is 5.82 Å². The molecular formula is C12H21N5O2. The van der Waals surface area contributed by atoms with Gasteiger partial charge in [0.25, 0.3) is 0 Å². The lowest BCUT2D eigenvalue weighted by molar-refractivity contribution is -0.388. The van der Waals surface area contributed by atoms with Gasteiger partial charge in [0.05, 0.1) is 0 Å². The van der Waals surface area contributed by atoms with Gasteiger partial charge in [0, 0.05) is 38.6 Å². The molecule has 0 saturated carbocycles. The van der Waals surface area contributed by atoms with Crippen molar-refractivity contribution in [3.8, 4) is 0 Å². The lowest BCUT2D eigenvalue weighted by atomic mass is 10.1. The van der Waals surface area contributed by atoms with E-state index in [-0.39, 0.29) is 16.8 Å². The fourth-order valence-electron chi connectivity index (χ4n) is 2.64. The molecule has 0 aliphatic carbocycles. The molecule has 0 aromatic carbocycles. The van der Waals surface area contributed by atoms with Crippen LogP contribution in [-0.4, -0.2) is 39.6 Å². The molecule has 2 unspecified atom stereocenters. The molecule has 0 amide bonds. The summed E-state index contributed by atoms with van der Waals surface area (Å²) in [4.78, 5) is 17.1. The van der Waals surface area contributed by atoms with Crippen molar-refractivity contribution >= 4 is 11.6 Å². The summed E-state index contributed by atoms with van der Waals surface area (Å²) < 4.78 is 1.92. The van der Waals surface area contributed by atoms with Crippen LogP contribution in [0, 0.1) is 17.0 Å². The molecule has 0 spiro atoms. The molecular weight excluding hydrogens is 246 g/mol. The van der Waals surface area contributed by atoms with Crippen molar-refractivity contribution in [1.29, 1.82) is 0 Å². The number of nitrogens with zero attached hydrogens (tertiary/aromatic N) is 4. The number of anilines is 1. The van der Waals surface area contributed by atoms with Crippen LogP contribution in [-0.2, 0) is 6.54 Å². The van der Waals surface area contributed by atoms with E-state index >= 15 is 0 Å². The average Bonchev–Trinajstić information content (AvgIpc) is 2.69. The number of aryl methyl sites for hydroxylation is 1. The highest BCUT2D eigenvalue weighted by Gasteiger charge is 2.34. The minimum absolute atomic E-state index is 0.0275. The Bertz CT molecular complexity index is 485. The summed E-state index contributed by atoms with van der Waals surface area (Å²) in [6, 6.07) is 0.535. The highest BCUT2D eigenvalue weighted by molar-refractivity contribution is 5.57. The highest BCUT2D eigenvalue weighted by Crippen LogP contribution is 2.31. The van der Waals surface area contributed by atoms with Crippen LogP contribution >= 0.6 is 0 Å². The number of piperazine rings is 1. The van der Waals surface area contributed by atoms with Gasteiger partial charge in [-0.05, 0) is 30.7 Å². The van der Waals surface area contributed by atoms with Crippen LogP contribution in [0.25, 0.3) is 0 Å². The quantitative estimate of drug-likeness (QED) is 0.660. The molecule has 19 heavy (non-hydrogen) atoms. The first-order valence-corrected chi connectivity index (χ1v) is 6.67. The van der Waals surface area contributed by atoms with E-state index in [1.54, 1.807) is 0 Å². The smallest absolute Gasteiger partial charge is 0.358 e. The predicted molar refractivity (Wildman–Crippen MR) is 73.6 cm³/mol. The summed E-state index contributed by atoms with van der Waals surface area (Å²) in [5, 5.41) is 14.6. The Hall–Kier alpha value is -1.63. The second kappa shape index (κ2) is 5.16. The first-order valence-electron chi connectivity index (χ1n) is 6.67. The Kier molecular flexibility index (Phi) is 3.75. The van der Waals surface area contributed by atoms with Gasteiger partial charge in [-0.3, -0.25) is 4.57 Å². The first-order chi connectivity index (χ1) is 8.95.